The molecule has 0 bridgehead atoms. The molecule has 0 radical (unpaired) electrons. The number of thiophene rings is 1. The number of hydroxylamine groups is 8. The Hall–Kier alpha value is -4.32. The molecule has 7 aliphatic rings. The largest absolute Gasteiger partial charge is 0.624 e. The molecule has 1 aromatic heterocycles. The number of hydrogen-bond acceptors (Lipinski definition) is 22. The van der Waals surface area contributed by atoms with Gasteiger partial charge in [-0.3, -0.25) is 10.1 Å². The van der Waals surface area contributed by atoms with Crippen LogP contribution in [0, 0.1) is 20.5 Å². The first-order valence-electron chi connectivity index (χ1n) is 30.8. The maximum Gasteiger partial charge on any atom is 0.338 e. The quantitative estimate of drug-likeness (QED) is 0.0324. The van der Waals surface area contributed by atoms with E-state index in [0.29, 0.717) is 44.0 Å². The third kappa shape index (κ3) is 26.4. The first-order valence-corrected chi connectivity index (χ1v) is 35.2. The number of thioether (sulfide) groups is 4. The number of hydrogen-bond donors (Lipinski definition) is 3. The van der Waals surface area contributed by atoms with Crippen molar-refractivity contribution in [2.75, 3.05) is 26.9 Å². The second-order valence-corrected chi connectivity index (χ2v) is 33.7. The topological polar surface area (TPSA) is 249 Å². The number of carbonyl (C=O) groups excluding carboxylic acids is 2. The average molecular weight is 1380 g/mol. The Labute approximate surface area is 567 Å². The van der Waals surface area contributed by atoms with Crippen LogP contribution in [0.15, 0.2) is 108 Å². The molecule has 0 spiro atoms. The van der Waals surface area contributed by atoms with E-state index in [9.17, 15) is 45.7 Å². The van der Waals surface area contributed by atoms with Crippen molar-refractivity contribution in [3.8, 4) is 0 Å². The van der Waals surface area contributed by atoms with Gasteiger partial charge in [0, 0.05) is 125 Å². The molecule has 2 aromatic carbocycles. The summed E-state index contributed by atoms with van der Waals surface area (Å²) >= 11 is 8.41. The zero-order valence-electron chi connectivity index (χ0n) is 57.1. The van der Waals surface area contributed by atoms with E-state index in [1.165, 1.54) is 36.8 Å². The molecule has 0 aliphatic carbocycles. The SMILES string of the molecule is C1=CSC(=C2SC=CS2)S1.CC(C)(C)[N+]([O-])=Cc1ccccc1.CC1(C)CC(OC(=O)c2ccccc2)CC(C)(C)N1O.CC1(C)CC(OCC2CO2)CC(C)(C)N1O.CC1(C)CCC=[N+]1[O-].COCC(=O)OC1CC(C)(C)N(O)C(C)(C)C1.O=[N+]([O-])c1cccs1. The van der Waals surface area contributed by atoms with Gasteiger partial charge in [-0.05, 0) is 153 Å². The summed E-state index contributed by atoms with van der Waals surface area (Å²) < 4.78 is 31.6. The summed E-state index contributed by atoms with van der Waals surface area (Å²) in [4.78, 5) is 33.0. The fourth-order valence-electron chi connectivity index (χ4n) is 11.1. The van der Waals surface area contributed by atoms with Gasteiger partial charge in [-0.1, -0.05) is 94.8 Å². The highest BCUT2D eigenvalue weighted by Gasteiger charge is 2.49. The van der Waals surface area contributed by atoms with Crippen LogP contribution >= 0.6 is 58.4 Å². The molecule has 25 heteroatoms. The van der Waals surface area contributed by atoms with Crippen molar-refractivity contribution in [2.24, 2.45) is 0 Å². The molecule has 0 amide bonds. The molecule has 10 rings (SSSR count). The molecule has 3 N–H and O–H groups in total. The lowest BCUT2D eigenvalue weighted by Crippen LogP contribution is -2.60. The third-order valence-corrected chi connectivity index (χ3v) is 21.2. The van der Waals surface area contributed by atoms with Crippen LogP contribution in [0.4, 0.5) is 5.00 Å². The van der Waals surface area contributed by atoms with Crippen molar-refractivity contribution in [3.05, 3.63) is 140 Å². The Balaban J connectivity index is 0.000000234. The number of piperidine rings is 3. The molecule has 4 fully saturated rings. The predicted octanol–water partition coefficient (Wildman–Crippen LogP) is 15.9. The maximum absolute atomic E-state index is 12.1. The van der Waals surface area contributed by atoms with E-state index >= 15 is 0 Å². The average Bonchev–Trinajstić information content (AvgIpc) is 1.09. The number of benzene rings is 2. The van der Waals surface area contributed by atoms with Crippen molar-refractivity contribution in [1.29, 1.82) is 0 Å². The van der Waals surface area contributed by atoms with E-state index in [1.54, 1.807) is 36.0 Å². The highest BCUT2D eigenvalue weighted by atomic mass is 32.2. The van der Waals surface area contributed by atoms with Gasteiger partial charge in [0.2, 0.25) is 0 Å². The maximum atomic E-state index is 12.1. The smallest absolute Gasteiger partial charge is 0.338 e. The van der Waals surface area contributed by atoms with Gasteiger partial charge in [-0.25, -0.2) is 19.1 Å². The van der Waals surface area contributed by atoms with Crippen molar-refractivity contribution in [3.63, 3.8) is 0 Å². The minimum absolute atomic E-state index is 0.0276. The fourth-order valence-corrected chi connectivity index (χ4v) is 15.7. The van der Waals surface area contributed by atoms with E-state index in [-0.39, 0.29) is 64.0 Å². The lowest BCUT2D eigenvalue weighted by molar-refractivity contribution is -0.530. The van der Waals surface area contributed by atoms with Crippen LogP contribution in [-0.4, -0.2) is 165 Å². The van der Waals surface area contributed by atoms with Crippen molar-refractivity contribution in [2.45, 2.75) is 238 Å². The van der Waals surface area contributed by atoms with Crippen LogP contribution in [0.3, 0.4) is 0 Å². The normalized spacial score (nSPS) is 22.7. The number of ether oxygens (including phenoxy) is 5. The Morgan fingerprint density at radius 3 is 1.39 bits per heavy atom. The predicted molar refractivity (Wildman–Crippen MR) is 375 cm³/mol. The van der Waals surface area contributed by atoms with Gasteiger partial charge >= 0.3 is 16.9 Å². The molecular formula is C67H102N6O14S5. The molecule has 7 aliphatic heterocycles. The summed E-state index contributed by atoms with van der Waals surface area (Å²) in [5.74, 6) is -0.649. The number of esters is 2. The van der Waals surface area contributed by atoms with E-state index in [2.05, 4.69) is 49.3 Å². The molecule has 4 saturated heterocycles. The summed E-state index contributed by atoms with van der Waals surface area (Å²) in [6.07, 6.45) is 9.62. The second-order valence-electron chi connectivity index (χ2n) is 28.6. The van der Waals surface area contributed by atoms with Gasteiger partial charge in [-0.15, -0.1) is 0 Å². The van der Waals surface area contributed by atoms with Crippen LogP contribution in [-0.2, 0) is 28.5 Å². The Kier molecular flexibility index (Phi) is 30.5. The Morgan fingerprint density at radius 2 is 1.07 bits per heavy atom. The minimum atomic E-state index is -0.413. The van der Waals surface area contributed by atoms with Crippen LogP contribution < -0.4 is 0 Å². The van der Waals surface area contributed by atoms with Crippen molar-refractivity contribution in [1.82, 2.24) is 15.2 Å². The van der Waals surface area contributed by atoms with Gasteiger partial charge in [0.05, 0.1) is 38.3 Å². The summed E-state index contributed by atoms with van der Waals surface area (Å²) in [5.41, 5.74) is -1.07. The molecule has 3 aromatic rings. The van der Waals surface area contributed by atoms with Crippen LogP contribution in [0.2, 0.25) is 0 Å². The fraction of sp³-hybridized carbons (Fsp3) is 0.612. The number of epoxide rings is 1. The number of nitrogens with zero attached hydrogens (tertiary/aromatic N) is 6. The van der Waals surface area contributed by atoms with Gasteiger partial charge in [-0.2, -0.15) is 15.2 Å². The standard InChI is InChI=1S/C16H23NO3.C12H23NO4.C12H23NO3.C11H15NO.C6H11NO.C6H4S4.C4H3NO2S/c1-15(2)10-13(11-16(3,4)17(15)19)20-14(18)12-8-6-5-7-9-12;1-11(2)6-9(17-10(14)8-16-5)7-12(3,4)13(11)15;1-11(2)5-9(15-7-10-8-16-10)6-12(3,4)13(11)14;1-11(2,3)12(13)9-10-7-5-4-6-8-10;1-6(2)4-3-5-7(6)8;1-2-8-5(7-1)6-9-3-4-10-6;6-5(7)4-2-1-3-8-4/h5-9,13,19H,10-11H2,1-4H3;9,15H,6-8H2,1-5H3;9-10,14H,5-8H2,1-4H3;4-9H,1-3H3;5H,3-4H2,1-2H3;1-4H;1-3H. The lowest BCUT2D eigenvalue weighted by atomic mass is 9.80. The molecule has 20 nitrogen and oxygen atoms in total. The van der Waals surface area contributed by atoms with Crippen LogP contribution in [0.1, 0.15) is 185 Å². The zero-order chi connectivity index (χ0) is 69.1. The third-order valence-electron chi connectivity index (χ3n) is 15.6. The first-order chi connectivity index (χ1) is 42.6. The molecular weight excluding hydrogens is 1270 g/mol. The first kappa shape index (κ1) is 80.1. The molecule has 92 heavy (non-hydrogen) atoms. The monoisotopic (exact) mass is 1370 g/mol. The van der Waals surface area contributed by atoms with E-state index in [1.807, 2.05) is 186 Å². The van der Waals surface area contributed by atoms with Gasteiger partial charge in [0.25, 0.3) is 0 Å². The summed E-state index contributed by atoms with van der Waals surface area (Å²) in [6.45, 7) is 34.9. The van der Waals surface area contributed by atoms with Crippen LogP contribution in [0.5, 0.6) is 0 Å². The number of carbonyl (C=O) groups is 2. The minimum Gasteiger partial charge on any atom is -0.624 e. The van der Waals surface area contributed by atoms with Gasteiger partial charge in [0.1, 0.15) is 24.9 Å². The highest BCUT2D eigenvalue weighted by molar-refractivity contribution is 8.33. The van der Waals surface area contributed by atoms with E-state index < -0.39 is 27.1 Å². The summed E-state index contributed by atoms with van der Waals surface area (Å²) in [5, 5.41) is 77.2. The molecule has 514 valence electrons. The lowest BCUT2D eigenvalue weighted by Gasteiger charge is -2.51. The number of rotatable bonds is 10. The molecule has 1 unspecified atom stereocenters. The van der Waals surface area contributed by atoms with E-state index in [4.69, 9.17) is 23.7 Å². The molecule has 8 heterocycles. The highest BCUT2D eigenvalue weighted by Crippen LogP contribution is 2.50. The molecule has 1 atom stereocenters. The van der Waals surface area contributed by atoms with Crippen molar-refractivity contribution >= 4 is 87.8 Å². The summed E-state index contributed by atoms with van der Waals surface area (Å²) in [6, 6.07) is 21.7. The Bertz CT molecular complexity index is 2870. The molecule has 0 saturated carbocycles. The van der Waals surface area contributed by atoms with E-state index in [0.717, 1.165) is 58.7 Å². The second kappa shape index (κ2) is 35.1. The van der Waals surface area contributed by atoms with Crippen molar-refractivity contribution < 1.29 is 63.3 Å². The summed E-state index contributed by atoms with van der Waals surface area (Å²) in [7, 11) is 1.46. The Morgan fingerprint density at radius 1 is 0.652 bits per heavy atom. The number of methoxy groups -OCH3 is 1. The number of nitro groups is 1. The van der Waals surface area contributed by atoms with Gasteiger partial charge in [0.15, 0.2) is 23.5 Å². The van der Waals surface area contributed by atoms with Crippen LogP contribution in [0.25, 0.3) is 0 Å². The zero-order valence-corrected chi connectivity index (χ0v) is 61.2. The van der Waals surface area contributed by atoms with Gasteiger partial charge < -0.3 is 49.7 Å².